The van der Waals surface area contributed by atoms with Gasteiger partial charge in [0.1, 0.15) is 5.82 Å². The Morgan fingerprint density at radius 2 is 2.26 bits per heavy atom. The van der Waals surface area contributed by atoms with Crippen molar-refractivity contribution in [2.45, 2.75) is 23.9 Å². The summed E-state index contributed by atoms with van der Waals surface area (Å²) in [6.07, 6.45) is 0.753. The van der Waals surface area contributed by atoms with E-state index in [4.69, 9.17) is 5.73 Å². The maximum atomic E-state index is 13.2. The van der Waals surface area contributed by atoms with Crippen LogP contribution in [0, 0.1) is 5.82 Å². The van der Waals surface area contributed by atoms with Crippen LogP contribution >= 0.6 is 0 Å². The summed E-state index contributed by atoms with van der Waals surface area (Å²) in [5.41, 5.74) is 5.92. The predicted octanol–water partition coefficient (Wildman–Crippen LogP) is 0.267. The van der Waals surface area contributed by atoms with Gasteiger partial charge in [-0.05, 0) is 37.7 Å². The molecule has 1 saturated heterocycles. The van der Waals surface area contributed by atoms with E-state index in [0.29, 0.717) is 12.1 Å². The summed E-state index contributed by atoms with van der Waals surface area (Å²) in [6, 6.07) is 3.50. The Labute approximate surface area is 112 Å². The molecule has 0 aromatic heterocycles. The minimum absolute atomic E-state index is 0.0566. The van der Waals surface area contributed by atoms with Gasteiger partial charge in [0.15, 0.2) is 0 Å². The Morgan fingerprint density at radius 3 is 2.84 bits per heavy atom. The Balaban J connectivity index is 2.26. The van der Waals surface area contributed by atoms with Crippen molar-refractivity contribution in [3.05, 3.63) is 29.6 Å². The van der Waals surface area contributed by atoms with Crippen molar-refractivity contribution in [3.63, 3.8) is 0 Å². The molecule has 2 rings (SSSR count). The first-order chi connectivity index (χ1) is 8.92. The fourth-order valence-corrected chi connectivity index (χ4v) is 3.78. The molecule has 1 fully saturated rings. The Kier molecular flexibility index (Phi) is 4.19. The summed E-state index contributed by atoms with van der Waals surface area (Å²) < 4.78 is 40.4. The van der Waals surface area contributed by atoms with E-state index in [2.05, 4.69) is 4.72 Å². The van der Waals surface area contributed by atoms with Crippen LogP contribution in [0.4, 0.5) is 4.39 Å². The van der Waals surface area contributed by atoms with E-state index < -0.39 is 15.8 Å². The summed E-state index contributed by atoms with van der Waals surface area (Å²) >= 11 is 0. The third-order valence-electron chi connectivity index (χ3n) is 3.25. The third kappa shape index (κ3) is 3.30. The number of nitrogens with two attached hydrogens (primary N) is 1. The van der Waals surface area contributed by atoms with Crippen LogP contribution < -0.4 is 10.5 Å². The first-order valence-electron chi connectivity index (χ1n) is 6.12. The number of nitrogens with zero attached hydrogens (tertiary/aromatic N) is 1. The van der Waals surface area contributed by atoms with Gasteiger partial charge in [-0.1, -0.05) is 6.07 Å². The molecule has 0 spiro atoms. The summed E-state index contributed by atoms with van der Waals surface area (Å²) in [4.78, 5) is 1.98. The monoisotopic (exact) mass is 287 g/mol. The van der Waals surface area contributed by atoms with Gasteiger partial charge in [-0.2, -0.15) is 0 Å². The number of likely N-dealkylation sites (tertiary alicyclic amines) is 1. The Bertz CT molecular complexity index is 562. The highest BCUT2D eigenvalue weighted by atomic mass is 32.2. The van der Waals surface area contributed by atoms with E-state index in [1.54, 1.807) is 0 Å². The molecule has 1 aromatic carbocycles. The Morgan fingerprint density at radius 1 is 1.53 bits per heavy atom. The van der Waals surface area contributed by atoms with Gasteiger partial charge in [-0.25, -0.2) is 17.5 Å². The number of hydrogen-bond acceptors (Lipinski definition) is 4. The Hall–Kier alpha value is -1.02. The van der Waals surface area contributed by atoms with Crippen molar-refractivity contribution >= 4 is 10.0 Å². The molecular formula is C12H18FN3O2S. The van der Waals surface area contributed by atoms with Crippen molar-refractivity contribution in [3.8, 4) is 0 Å². The second kappa shape index (κ2) is 5.54. The molecule has 0 bridgehead atoms. The van der Waals surface area contributed by atoms with Gasteiger partial charge < -0.3 is 10.6 Å². The molecule has 1 heterocycles. The summed E-state index contributed by atoms with van der Waals surface area (Å²) in [7, 11) is -1.80. The van der Waals surface area contributed by atoms with E-state index in [0.717, 1.165) is 19.0 Å². The zero-order valence-corrected chi connectivity index (χ0v) is 11.6. The zero-order valence-electron chi connectivity index (χ0n) is 10.8. The second-order valence-electron chi connectivity index (χ2n) is 4.83. The van der Waals surface area contributed by atoms with E-state index >= 15 is 0 Å². The lowest BCUT2D eigenvalue weighted by molar-refractivity contribution is 0.407. The standard InChI is InChI=1S/C12H18FN3O2S/c1-16-5-4-11(8-16)15-19(17,18)12-6-10(13)3-2-9(12)7-14/h2-3,6,11,15H,4-5,7-8,14H2,1H3. The minimum Gasteiger partial charge on any atom is -0.326 e. The minimum atomic E-state index is -3.73. The van der Waals surface area contributed by atoms with Crippen LogP contribution in [0.2, 0.25) is 0 Å². The number of likely N-dealkylation sites (N-methyl/N-ethyl adjacent to an activating group) is 1. The molecule has 1 aliphatic rings. The highest BCUT2D eigenvalue weighted by Crippen LogP contribution is 2.18. The zero-order chi connectivity index (χ0) is 14.0. The molecule has 1 aromatic rings. The van der Waals surface area contributed by atoms with Crippen LogP contribution in [0.15, 0.2) is 23.1 Å². The lowest BCUT2D eigenvalue weighted by Crippen LogP contribution is -2.37. The van der Waals surface area contributed by atoms with Gasteiger partial charge in [0, 0.05) is 19.1 Å². The number of benzene rings is 1. The molecule has 1 unspecified atom stereocenters. The average Bonchev–Trinajstić information content (AvgIpc) is 2.74. The van der Waals surface area contributed by atoms with Gasteiger partial charge in [0.05, 0.1) is 4.90 Å². The van der Waals surface area contributed by atoms with Crippen molar-refractivity contribution in [1.29, 1.82) is 0 Å². The van der Waals surface area contributed by atoms with Gasteiger partial charge in [-0.15, -0.1) is 0 Å². The van der Waals surface area contributed by atoms with Crippen LogP contribution in [0.25, 0.3) is 0 Å². The summed E-state index contributed by atoms with van der Waals surface area (Å²) in [5, 5.41) is 0. The molecule has 19 heavy (non-hydrogen) atoms. The molecule has 0 radical (unpaired) electrons. The number of sulfonamides is 1. The number of hydrogen-bond donors (Lipinski definition) is 2. The topological polar surface area (TPSA) is 75.4 Å². The SMILES string of the molecule is CN1CCC(NS(=O)(=O)c2cc(F)ccc2CN)C1. The van der Waals surface area contributed by atoms with Gasteiger partial charge in [0.2, 0.25) is 10.0 Å². The first-order valence-corrected chi connectivity index (χ1v) is 7.60. The largest absolute Gasteiger partial charge is 0.326 e. The molecule has 7 heteroatoms. The van der Waals surface area contributed by atoms with Crippen LogP contribution in [0.1, 0.15) is 12.0 Å². The van der Waals surface area contributed by atoms with E-state index in [-0.39, 0.29) is 17.5 Å². The van der Waals surface area contributed by atoms with Crippen LogP contribution in [-0.4, -0.2) is 39.5 Å². The first kappa shape index (κ1) is 14.4. The normalized spacial score (nSPS) is 20.9. The lowest BCUT2D eigenvalue weighted by atomic mass is 10.2. The smallest absolute Gasteiger partial charge is 0.241 e. The predicted molar refractivity (Wildman–Crippen MR) is 70.5 cm³/mol. The quantitative estimate of drug-likeness (QED) is 0.833. The molecule has 0 amide bonds. The molecular weight excluding hydrogens is 269 g/mol. The van der Waals surface area contributed by atoms with Crippen molar-refractivity contribution in [2.24, 2.45) is 5.73 Å². The fourth-order valence-electron chi connectivity index (χ4n) is 2.26. The van der Waals surface area contributed by atoms with Gasteiger partial charge in [0.25, 0.3) is 0 Å². The molecule has 1 aliphatic heterocycles. The van der Waals surface area contributed by atoms with Crippen LogP contribution in [-0.2, 0) is 16.6 Å². The molecule has 1 atom stereocenters. The van der Waals surface area contributed by atoms with Crippen molar-refractivity contribution in [1.82, 2.24) is 9.62 Å². The summed E-state index contributed by atoms with van der Waals surface area (Å²) in [6.45, 7) is 1.56. The van der Waals surface area contributed by atoms with Crippen LogP contribution in [0.3, 0.4) is 0 Å². The van der Waals surface area contributed by atoms with Crippen LogP contribution in [0.5, 0.6) is 0 Å². The average molecular weight is 287 g/mol. The number of nitrogens with one attached hydrogen (secondary N) is 1. The maximum absolute atomic E-state index is 13.2. The van der Waals surface area contributed by atoms with Gasteiger partial charge in [-0.3, -0.25) is 0 Å². The van der Waals surface area contributed by atoms with E-state index in [9.17, 15) is 12.8 Å². The number of halogens is 1. The molecule has 0 aliphatic carbocycles. The molecule has 106 valence electrons. The van der Waals surface area contributed by atoms with Crippen molar-refractivity contribution in [2.75, 3.05) is 20.1 Å². The third-order valence-corrected chi connectivity index (χ3v) is 4.85. The van der Waals surface area contributed by atoms with E-state index in [1.807, 2.05) is 11.9 Å². The molecule has 5 nitrogen and oxygen atoms in total. The maximum Gasteiger partial charge on any atom is 0.241 e. The lowest BCUT2D eigenvalue weighted by Gasteiger charge is -2.15. The fraction of sp³-hybridized carbons (Fsp3) is 0.500. The van der Waals surface area contributed by atoms with Crippen molar-refractivity contribution < 1.29 is 12.8 Å². The second-order valence-corrected chi connectivity index (χ2v) is 6.51. The highest BCUT2D eigenvalue weighted by Gasteiger charge is 2.27. The summed E-state index contributed by atoms with van der Waals surface area (Å²) in [5.74, 6) is -0.582. The highest BCUT2D eigenvalue weighted by molar-refractivity contribution is 7.89. The van der Waals surface area contributed by atoms with E-state index in [1.165, 1.54) is 12.1 Å². The van der Waals surface area contributed by atoms with Gasteiger partial charge >= 0.3 is 0 Å². The number of rotatable bonds is 4. The molecule has 3 N–H and O–H groups in total. The molecule has 0 saturated carbocycles.